The maximum absolute atomic E-state index is 13.1. The number of halogens is 2. The van der Waals surface area contributed by atoms with Crippen LogP contribution in [0.5, 0.6) is 0 Å². The van der Waals surface area contributed by atoms with Crippen molar-refractivity contribution >= 4 is 46.4 Å². The number of benzene rings is 2. The molecule has 1 heterocycles. The summed E-state index contributed by atoms with van der Waals surface area (Å²) < 4.78 is 5.55. The lowest BCUT2D eigenvalue weighted by molar-refractivity contribution is 0.0952. The van der Waals surface area contributed by atoms with Crippen LogP contribution in [0.2, 0.25) is 10.0 Å². The van der Waals surface area contributed by atoms with E-state index in [1.54, 1.807) is 30.5 Å². The Hall–Kier alpha value is -2.96. The molecule has 0 unspecified atom stereocenters. The summed E-state index contributed by atoms with van der Waals surface area (Å²) in [6.45, 7) is 5.99. The van der Waals surface area contributed by atoms with E-state index in [0.717, 1.165) is 37.3 Å². The highest BCUT2D eigenvalue weighted by atomic mass is 35.5. The monoisotopic (exact) mass is 501 g/mol. The second-order valence-electron chi connectivity index (χ2n) is 7.93. The normalized spacial score (nSPS) is 10.7. The molecule has 0 radical (unpaired) electrons. The number of rotatable bonds is 11. The predicted molar refractivity (Wildman–Crippen MR) is 138 cm³/mol. The van der Waals surface area contributed by atoms with E-state index in [-0.39, 0.29) is 11.8 Å². The molecule has 2 aromatic carbocycles. The molecule has 0 aliphatic carbocycles. The summed E-state index contributed by atoms with van der Waals surface area (Å²) in [7, 11) is 0. The highest BCUT2D eigenvalue weighted by Gasteiger charge is 2.19. The summed E-state index contributed by atoms with van der Waals surface area (Å²) in [5.74, 6) is 0.279. The number of hydrogen-bond donors (Lipinski definition) is 2. The fraction of sp³-hybridized carbons (Fsp3) is 0.308. The molecule has 2 N–H and O–H groups in total. The minimum absolute atomic E-state index is 0.191. The number of nitrogens with zero attached hydrogens (tertiary/aromatic N) is 1. The molecule has 0 atom stereocenters. The summed E-state index contributed by atoms with van der Waals surface area (Å²) in [6, 6.07) is 13.8. The van der Waals surface area contributed by atoms with E-state index in [1.165, 1.54) is 6.07 Å². The van der Waals surface area contributed by atoms with E-state index in [4.69, 9.17) is 27.6 Å². The van der Waals surface area contributed by atoms with Crippen LogP contribution >= 0.6 is 23.2 Å². The first-order valence-corrected chi connectivity index (χ1v) is 12.1. The van der Waals surface area contributed by atoms with E-state index < -0.39 is 0 Å². The molecular weight excluding hydrogens is 473 g/mol. The Bertz CT molecular complexity index is 1120. The lowest BCUT2D eigenvalue weighted by atomic mass is 10.1. The summed E-state index contributed by atoms with van der Waals surface area (Å²) in [6.07, 6.45) is 4.45. The van der Waals surface area contributed by atoms with E-state index >= 15 is 0 Å². The SMILES string of the molecule is CCCCN(Cc1ccco1)c1ccc(NC(=O)c2ccc(Cl)c(Cl)c2)cc1C(=O)NCCC. The fourth-order valence-corrected chi connectivity index (χ4v) is 3.77. The Morgan fingerprint density at radius 2 is 1.79 bits per heavy atom. The van der Waals surface area contributed by atoms with E-state index in [0.29, 0.717) is 39.9 Å². The third-order valence-electron chi connectivity index (χ3n) is 5.27. The van der Waals surface area contributed by atoms with Gasteiger partial charge < -0.3 is 20.0 Å². The van der Waals surface area contributed by atoms with Gasteiger partial charge in [0.2, 0.25) is 0 Å². The van der Waals surface area contributed by atoms with Crippen molar-refractivity contribution in [2.75, 3.05) is 23.3 Å². The van der Waals surface area contributed by atoms with Crippen molar-refractivity contribution in [2.24, 2.45) is 0 Å². The van der Waals surface area contributed by atoms with E-state index in [1.807, 2.05) is 25.1 Å². The van der Waals surface area contributed by atoms with Gasteiger partial charge >= 0.3 is 0 Å². The first-order valence-electron chi connectivity index (χ1n) is 11.4. The van der Waals surface area contributed by atoms with Crippen LogP contribution in [0.4, 0.5) is 11.4 Å². The van der Waals surface area contributed by atoms with Gasteiger partial charge in [-0.3, -0.25) is 9.59 Å². The van der Waals surface area contributed by atoms with Crippen LogP contribution in [0.25, 0.3) is 0 Å². The standard InChI is InChI=1S/C26H29Cl2N3O3/c1-3-5-13-31(17-20-7-6-14-34-20)24-11-9-19(16-21(24)26(33)29-12-4-2)30-25(32)18-8-10-22(27)23(28)15-18/h6-11,14-16H,3-5,12-13,17H2,1-2H3,(H,29,33)(H,30,32). The number of hydrogen-bond acceptors (Lipinski definition) is 4. The van der Waals surface area contributed by atoms with Crippen molar-refractivity contribution in [1.29, 1.82) is 0 Å². The largest absolute Gasteiger partial charge is 0.467 e. The van der Waals surface area contributed by atoms with Gasteiger partial charge in [0.15, 0.2) is 0 Å². The van der Waals surface area contributed by atoms with Gasteiger partial charge in [-0.25, -0.2) is 0 Å². The van der Waals surface area contributed by atoms with Gasteiger partial charge in [0.05, 0.1) is 34.1 Å². The summed E-state index contributed by atoms with van der Waals surface area (Å²) in [5, 5.41) is 6.48. The molecule has 6 nitrogen and oxygen atoms in total. The van der Waals surface area contributed by atoms with Gasteiger partial charge in [0.1, 0.15) is 5.76 Å². The molecular formula is C26H29Cl2N3O3. The highest BCUT2D eigenvalue weighted by molar-refractivity contribution is 6.42. The minimum atomic E-state index is -0.343. The average molecular weight is 502 g/mol. The summed E-state index contributed by atoms with van der Waals surface area (Å²) in [5.41, 5.74) is 2.15. The molecule has 0 bridgehead atoms. The zero-order chi connectivity index (χ0) is 24.5. The van der Waals surface area contributed by atoms with Crippen LogP contribution in [0, 0.1) is 0 Å². The maximum Gasteiger partial charge on any atom is 0.255 e. The Labute approximate surface area is 210 Å². The molecule has 2 amide bonds. The van der Waals surface area contributed by atoms with Gasteiger partial charge in [0.25, 0.3) is 11.8 Å². The predicted octanol–water partition coefficient (Wildman–Crippen LogP) is 6.79. The zero-order valence-corrected chi connectivity index (χ0v) is 20.9. The second kappa shape index (κ2) is 12.5. The third-order valence-corrected chi connectivity index (χ3v) is 6.00. The highest BCUT2D eigenvalue weighted by Crippen LogP contribution is 2.28. The van der Waals surface area contributed by atoms with Crippen LogP contribution < -0.4 is 15.5 Å². The van der Waals surface area contributed by atoms with Crippen LogP contribution in [0.1, 0.15) is 59.6 Å². The van der Waals surface area contributed by atoms with Gasteiger partial charge in [-0.05, 0) is 61.4 Å². The van der Waals surface area contributed by atoms with Crippen molar-refractivity contribution < 1.29 is 14.0 Å². The quantitative estimate of drug-likeness (QED) is 0.303. The Balaban J connectivity index is 1.92. The van der Waals surface area contributed by atoms with Gasteiger partial charge in [-0.15, -0.1) is 0 Å². The topological polar surface area (TPSA) is 74.6 Å². The fourth-order valence-electron chi connectivity index (χ4n) is 3.47. The van der Waals surface area contributed by atoms with Crippen LogP contribution in [0.15, 0.2) is 59.2 Å². The van der Waals surface area contributed by atoms with Crippen LogP contribution in [-0.4, -0.2) is 24.9 Å². The van der Waals surface area contributed by atoms with E-state index in [9.17, 15) is 9.59 Å². The first kappa shape index (κ1) is 25.7. The van der Waals surface area contributed by atoms with Crippen LogP contribution in [-0.2, 0) is 6.54 Å². The maximum atomic E-state index is 13.1. The Morgan fingerprint density at radius 3 is 2.47 bits per heavy atom. The zero-order valence-electron chi connectivity index (χ0n) is 19.4. The summed E-state index contributed by atoms with van der Waals surface area (Å²) in [4.78, 5) is 28.0. The summed E-state index contributed by atoms with van der Waals surface area (Å²) >= 11 is 12.0. The van der Waals surface area contributed by atoms with Gasteiger partial charge in [0, 0.05) is 24.3 Å². The molecule has 0 fully saturated rings. The number of carbonyl (C=O) groups is 2. The van der Waals surface area contributed by atoms with Crippen molar-refractivity contribution in [1.82, 2.24) is 5.32 Å². The third kappa shape index (κ3) is 6.78. The molecule has 0 aliphatic heterocycles. The molecule has 0 saturated heterocycles. The van der Waals surface area contributed by atoms with Crippen molar-refractivity contribution in [3.63, 3.8) is 0 Å². The lowest BCUT2D eigenvalue weighted by Gasteiger charge is -2.26. The molecule has 3 rings (SSSR count). The van der Waals surface area contributed by atoms with Gasteiger partial charge in [-0.2, -0.15) is 0 Å². The molecule has 3 aromatic rings. The van der Waals surface area contributed by atoms with Crippen molar-refractivity contribution in [2.45, 2.75) is 39.7 Å². The van der Waals surface area contributed by atoms with Crippen molar-refractivity contribution in [3.8, 4) is 0 Å². The molecule has 0 aliphatic rings. The Kier molecular flexibility index (Phi) is 9.42. The molecule has 34 heavy (non-hydrogen) atoms. The number of amides is 2. The van der Waals surface area contributed by atoms with Gasteiger partial charge in [-0.1, -0.05) is 43.5 Å². The number of carbonyl (C=O) groups excluding carboxylic acids is 2. The number of furan rings is 1. The number of anilines is 2. The van der Waals surface area contributed by atoms with E-state index in [2.05, 4.69) is 22.5 Å². The average Bonchev–Trinajstić information content (AvgIpc) is 3.35. The number of nitrogens with one attached hydrogen (secondary N) is 2. The molecule has 8 heteroatoms. The molecule has 1 aromatic heterocycles. The lowest BCUT2D eigenvalue weighted by Crippen LogP contribution is -2.30. The second-order valence-corrected chi connectivity index (χ2v) is 8.74. The molecule has 0 spiro atoms. The van der Waals surface area contributed by atoms with Crippen molar-refractivity contribution in [3.05, 3.63) is 81.7 Å². The Morgan fingerprint density at radius 1 is 0.971 bits per heavy atom. The smallest absolute Gasteiger partial charge is 0.255 e. The number of unbranched alkanes of at least 4 members (excludes halogenated alkanes) is 1. The first-order chi connectivity index (χ1) is 16.4. The minimum Gasteiger partial charge on any atom is -0.467 e. The molecule has 180 valence electrons. The molecule has 0 saturated carbocycles. The van der Waals surface area contributed by atoms with Crippen LogP contribution in [0.3, 0.4) is 0 Å².